The van der Waals surface area contributed by atoms with Gasteiger partial charge in [0, 0.05) is 17.1 Å². The predicted molar refractivity (Wildman–Crippen MR) is 112 cm³/mol. The first-order chi connectivity index (χ1) is 14.3. The van der Waals surface area contributed by atoms with Crippen molar-refractivity contribution in [3.8, 4) is 10.6 Å². The zero-order chi connectivity index (χ0) is 21.3. The van der Waals surface area contributed by atoms with Gasteiger partial charge >= 0.3 is 0 Å². The smallest absolute Gasteiger partial charge is 0.244 e. The van der Waals surface area contributed by atoms with Crippen LogP contribution in [0.1, 0.15) is 12.8 Å². The Kier molecular flexibility index (Phi) is 5.83. The first-order valence-corrected chi connectivity index (χ1v) is 11.7. The maximum Gasteiger partial charge on any atom is 0.244 e. The van der Waals surface area contributed by atoms with E-state index in [2.05, 4.69) is 15.5 Å². The molecule has 2 aromatic carbocycles. The molecule has 1 N–H and O–H groups in total. The van der Waals surface area contributed by atoms with Crippen LogP contribution in [0.3, 0.4) is 0 Å². The van der Waals surface area contributed by atoms with Crippen molar-refractivity contribution < 1.29 is 17.6 Å². The van der Waals surface area contributed by atoms with Crippen molar-refractivity contribution >= 4 is 44.0 Å². The highest BCUT2D eigenvalue weighted by atomic mass is 35.5. The van der Waals surface area contributed by atoms with Gasteiger partial charge in [0.15, 0.2) is 0 Å². The molecule has 0 radical (unpaired) electrons. The second kappa shape index (κ2) is 8.38. The molecule has 1 aliphatic rings. The van der Waals surface area contributed by atoms with Crippen molar-refractivity contribution in [2.45, 2.75) is 23.8 Å². The molecule has 4 rings (SSSR count). The van der Waals surface area contributed by atoms with Crippen molar-refractivity contribution in [3.05, 3.63) is 59.4 Å². The number of carbonyl (C=O) groups is 1. The van der Waals surface area contributed by atoms with Crippen LogP contribution in [-0.2, 0) is 14.8 Å². The molecule has 0 aliphatic carbocycles. The van der Waals surface area contributed by atoms with Gasteiger partial charge < -0.3 is 0 Å². The molecule has 1 atom stereocenters. The number of benzene rings is 2. The number of hydrogen-bond donors (Lipinski definition) is 1. The van der Waals surface area contributed by atoms with Gasteiger partial charge in [-0.2, -0.15) is 4.31 Å². The number of nitrogens with zero attached hydrogens (tertiary/aromatic N) is 3. The summed E-state index contributed by atoms with van der Waals surface area (Å²) in [5.74, 6) is -0.827. The topological polar surface area (TPSA) is 92.3 Å². The van der Waals surface area contributed by atoms with Crippen molar-refractivity contribution in [1.82, 2.24) is 14.5 Å². The fraction of sp³-hybridized carbons (Fsp3) is 0.211. The summed E-state index contributed by atoms with van der Waals surface area (Å²) in [6.07, 6.45) is 0.976. The standard InChI is InChI=1S/C19H16ClFN4O3S2/c20-13-5-9-15(10-6-13)30(27,28)25-11-1-2-16(25)17(26)22-19-24-23-18(29-19)12-3-7-14(21)8-4-12/h3-10,16H,1-2,11H2,(H,22,24,26)/t16-/m0/s1. The molecule has 1 amide bonds. The molecular formula is C19H16ClFN4O3S2. The van der Waals surface area contributed by atoms with Crippen LogP contribution in [0.5, 0.6) is 0 Å². The Hall–Kier alpha value is -2.40. The summed E-state index contributed by atoms with van der Waals surface area (Å²) in [6.45, 7) is 0.250. The lowest BCUT2D eigenvalue weighted by Gasteiger charge is -2.23. The lowest BCUT2D eigenvalue weighted by atomic mass is 10.2. The minimum absolute atomic E-state index is 0.0844. The van der Waals surface area contributed by atoms with E-state index < -0.39 is 22.0 Å². The largest absolute Gasteiger partial charge is 0.299 e. The zero-order valence-corrected chi connectivity index (χ0v) is 17.8. The van der Waals surface area contributed by atoms with Crippen LogP contribution < -0.4 is 5.32 Å². The lowest BCUT2D eigenvalue weighted by molar-refractivity contribution is -0.119. The average Bonchev–Trinajstić information content (AvgIpc) is 3.39. The van der Waals surface area contributed by atoms with Gasteiger partial charge in [-0.15, -0.1) is 10.2 Å². The van der Waals surface area contributed by atoms with Crippen LogP contribution >= 0.6 is 22.9 Å². The van der Waals surface area contributed by atoms with E-state index >= 15 is 0 Å². The Labute approximate surface area is 181 Å². The van der Waals surface area contributed by atoms with Crippen LogP contribution in [0.25, 0.3) is 10.6 Å². The number of nitrogens with one attached hydrogen (secondary N) is 1. The molecule has 156 valence electrons. The van der Waals surface area contributed by atoms with Gasteiger partial charge in [0.2, 0.25) is 21.1 Å². The molecule has 0 spiro atoms. The number of carbonyl (C=O) groups excluding carboxylic acids is 1. The number of aromatic nitrogens is 2. The van der Waals surface area contributed by atoms with E-state index in [-0.39, 0.29) is 22.4 Å². The first kappa shape index (κ1) is 20.9. The number of halogens is 2. The Bertz CT molecular complexity index is 1170. The van der Waals surface area contributed by atoms with E-state index in [0.717, 1.165) is 11.3 Å². The highest BCUT2D eigenvalue weighted by Gasteiger charge is 2.39. The fourth-order valence-electron chi connectivity index (χ4n) is 3.20. The van der Waals surface area contributed by atoms with Gasteiger partial charge in [-0.25, -0.2) is 12.8 Å². The molecule has 30 heavy (non-hydrogen) atoms. The molecule has 0 bridgehead atoms. The summed E-state index contributed by atoms with van der Waals surface area (Å²) in [7, 11) is -3.84. The minimum Gasteiger partial charge on any atom is -0.299 e. The highest BCUT2D eigenvalue weighted by molar-refractivity contribution is 7.89. The molecule has 7 nitrogen and oxygen atoms in total. The van der Waals surface area contributed by atoms with E-state index in [4.69, 9.17) is 11.6 Å². The van der Waals surface area contributed by atoms with Gasteiger partial charge in [-0.3, -0.25) is 10.1 Å². The molecule has 1 saturated heterocycles. The molecule has 1 fully saturated rings. The molecule has 2 heterocycles. The summed E-state index contributed by atoms with van der Waals surface area (Å²) in [5.41, 5.74) is 0.669. The van der Waals surface area contributed by atoms with E-state index in [9.17, 15) is 17.6 Å². The summed E-state index contributed by atoms with van der Waals surface area (Å²) in [4.78, 5) is 12.9. The molecule has 11 heteroatoms. The third kappa shape index (κ3) is 4.22. The van der Waals surface area contributed by atoms with Crippen LogP contribution in [0.2, 0.25) is 5.02 Å². The van der Waals surface area contributed by atoms with Crippen LogP contribution in [-0.4, -0.2) is 41.4 Å². The van der Waals surface area contributed by atoms with Crippen molar-refractivity contribution in [1.29, 1.82) is 0 Å². The van der Waals surface area contributed by atoms with Gasteiger partial charge in [0.25, 0.3) is 0 Å². The second-order valence-electron chi connectivity index (χ2n) is 6.64. The molecule has 1 aromatic heterocycles. The highest BCUT2D eigenvalue weighted by Crippen LogP contribution is 2.30. The number of anilines is 1. The number of amides is 1. The third-order valence-corrected chi connectivity index (χ3v) is 7.74. The van der Waals surface area contributed by atoms with Gasteiger partial charge in [-0.1, -0.05) is 22.9 Å². The van der Waals surface area contributed by atoms with Crippen LogP contribution in [0.4, 0.5) is 9.52 Å². The van der Waals surface area contributed by atoms with Crippen molar-refractivity contribution in [3.63, 3.8) is 0 Å². The van der Waals surface area contributed by atoms with E-state index in [1.54, 1.807) is 12.1 Å². The molecule has 1 aliphatic heterocycles. The Morgan fingerprint density at radius 3 is 2.53 bits per heavy atom. The van der Waals surface area contributed by atoms with Crippen LogP contribution in [0, 0.1) is 5.82 Å². The number of rotatable bonds is 5. The van der Waals surface area contributed by atoms with Crippen LogP contribution in [0.15, 0.2) is 53.4 Å². The molecule has 3 aromatic rings. The summed E-state index contributed by atoms with van der Waals surface area (Å²) in [5, 5.41) is 11.8. The monoisotopic (exact) mass is 466 g/mol. The molecular weight excluding hydrogens is 451 g/mol. The molecule has 0 unspecified atom stereocenters. The van der Waals surface area contributed by atoms with E-state index in [1.807, 2.05) is 0 Å². The second-order valence-corrected chi connectivity index (χ2v) is 9.94. The Morgan fingerprint density at radius 2 is 1.83 bits per heavy atom. The van der Waals surface area contributed by atoms with Gasteiger partial charge in [0.1, 0.15) is 16.9 Å². The van der Waals surface area contributed by atoms with Gasteiger partial charge in [-0.05, 0) is 61.4 Å². The number of sulfonamides is 1. The Balaban J connectivity index is 1.50. The summed E-state index contributed by atoms with van der Waals surface area (Å²) in [6, 6.07) is 10.8. The number of hydrogen-bond acceptors (Lipinski definition) is 6. The SMILES string of the molecule is O=C(Nc1nnc(-c2ccc(F)cc2)s1)[C@@H]1CCCN1S(=O)(=O)c1ccc(Cl)cc1. The molecule has 0 saturated carbocycles. The third-order valence-electron chi connectivity index (χ3n) is 4.67. The first-order valence-electron chi connectivity index (χ1n) is 9.02. The van der Waals surface area contributed by atoms with Crippen molar-refractivity contribution in [2.75, 3.05) is 11.9 Å². The predicted octanol–water partition coefficient (Wildman–Crippen LogP) is 3.79. The van der Waals surface area contributed by atoms with Crippen molar-refractivity contribution in [2.24, 2.45) is 0 Å². The lowest BCUT2D eigenvalue weighted by Crippen LogP contribution is -2.43. The quantitative estimate of drug-likeness (QED) is 0.617. The summed E-state index contributed by atoms with van der Waals surface area (Å²) >= 11 is 6.97. The Morgan fingerprint density at radius 1 is 1.13 bits per heavy atom. The fourth-order valence-corrected chi connectivity index (χ4v) is 5.74. The van der Waals surface area contributed by atoms with E-state index in [0.29, 0.717) is 28.4 Å². The zero-order valence-electron chi connectivity index (χ0n) is 15.5. The average molecular weight is 467 g/mol. The normalized spacial score (nSPS) is 17.2. The van der Waals surface area contributed by atoms with E-state index in [1.165, 1.54) is 40.7 Å². The van der Waals surface area contributed by atoms with Gasteiger partial charge in [0.05, 0.1) is 4.90 Å². The maximum absolute atomic E-state index is 13.1. The minimum atomic E-state index is -3.84. The summed E-state index contributed by atoms with van der Waals surface area (Å²) < 4.78 is 40.2. The maximum atomic E-state index is 13.1.